The number of halogens is 1. The van der Waals surface area contributed by atoms with E-state index in [1.165, 1.54) is 6.07 Å². The molecule has 0 spiro atoms. The van der Waals surface area contributed by atoms with Crippen molar-refractivity contribution >= 4 is 27.3 Å². The largest absolute Gasteiger partial charge is 0.397 e. The second-order valence-corrected chi connectivity index (χ2v) is 7.30. The lowest BCUT2D eigenvalue weighted by atomic mass is 9.76. The van der Waals surface area contributed by atoms with Crippen LogP contribution in [0.25, 0.3) is 0 Å². The molecule has 0 bridgehead atoms. The standard InChI is InChI=1S/C13H19ClN2O2S/c1-3-13(5-4-6-13)16-19(17,18)10-7-9(2)12(14)11(15)8-10/h7-8,16H,3-6,15H2,1-2H3. The van der Waals surface area contributed by atoms with Crippen molar-refractivity contribution in [1.29, 1.82) is 0 Å². The maximum absolute atomic E-state index is 12.4. The molecule has 0 aliphatic heterocycles. The lowest BCUT2D eigenvalue weighted by Crippen LogP contribution is -2.52. The van der Waals surface area contributed by atoms with Crippen molar-refractivity contribution in [2.45, 2.75) is 50.0 Å². The topological polar surface area (TPSA) is 72.2 Å². The molecule has 0 heterocycles. The van der Waals surface area contributed by atoms with Gasteiger partial charge in [-0.2, -0.15) is 0 Å². The molecule has 106 valence electrons. The quantitative estimate of drug-likeness (QED) is 0.840. The van der Waals surface area contributed by atoms with Gasteiger partial charge in [-0.15, -0.1) is 0 Å². The van der Waals surface area contributed by atoms with Crippen LogP contribution in [-0.2, 0) is 10.0 Å². The van der Waals surface area contributed by atoms with Crippen molar-refractivity contribution in [3.8, 4) is 0 Å². The minimum absolute atomic E-state index is 0.187. The Morgan fingerprint density at radius 2 is 2.05 bits per heavy atom. The lowest BCUT2D eigenvalue weighted by molar-refractivity contribution is 0.214. The van der Waals surface area contributed by atoms with Gasteiger partial charge >= 0.3 is 0 Å². The highest BCUT2D eigenvalue weighted by Gasteiger charge is 2.39. The van der Waals surface area contributed by atoms with Gasteiger partial charge in [0.2, 0.25) is 10.0 Å². The summed E-state index contributed by atoms with van der Waals surface area (Å²) in [7, 11) is -3.54. The molecule has 0 amide bonds. The summed E-state index contributed by atoms with van der Waals surface area (Å²) in [5.41, 5.74) is 6.42. The van der Waals surface area contributed by atoms with Gasteiger partial charge in [0, 0.05) is 5.54 Å². The van der Waals surface area contributed by atoms with E-state index in [9.17, 15) is 8.42 Å². The summed E-state index contributed by atoms with van der Waals surface area (Å²) >= 11 is 5.96. The van der Waals surface area contributed by atoms with Crippen LogP contribution in [0.2, 0.25) is 5.02 Å². The summed E-state index contributed by atoms with van der Waals surface area (Å²) in [6.07, 6.45) is 3.65. The summed E-state index contributed by atoms with van der Waals surface area (Å²) in [5, 5.41) is 0.410. The van der Waals surface area contributed by atoms with Crippen LogP contribution in [0, 0.1) is 6.92 Å². The first-order valence-corrected chi connectivity index (χ1v) is 8.25. The molecular formula is C13H19ClN2O2S. The van der Waals surface area contributed by atoms with Crippen LogP contribution in [0.3, 0.4) is 0 Å². The number of aryl methyl sites for hydroxylation is 1. The summed E-state index contributed by atoms with van der Waals surface area (Å²) < 4.78 is 27.6. The van der Waals surface area contributed by atoms with Gasteiger partial charge in [-0.3, -0.25) is 0 Å². The zero-order valence-electron chi connectivity index (χ0n) is 11.2. The molecule has 4 nitrogen and oxygen atoms in total. The molecule has 3 N–H and O–H groups in total. The van der Waals surface area contributed by atoms with Crippen LogP contribution < -0.4 is 10.5 Å². The zero-order chi connectivity index (χ0) is 14.3. The van der Waals surface area contributed by atoms with Crippen LogP contribution >= 0.6 is 11.6 Å². The lowest BCUT2D eigenvalue weighted by Gasteiger charge is -2.41. The SMILES string of the molecule is CCC1(NS(=O)(=O)c2cc(C)c(Cl)c(N)c2)CCC1. The molecule has 1 fully saturated rings. The van der Waals surface area contributed by atoms with Gasteiger partial charge in [0.25, 0.3) is 0 Å². The zero-order valence-corrected chi connectivity index (χ0v) is 12.7. The second kappa shape index (κ2) is 4.96. The van der Waals surface area contributed by atoms with Crippen LogP contribution in [0.1, 0.15) is 38.2 Å². The fourth-order valence-corrected chi connectivity index (χ4v) is 4.15. The third-order valence-corrected chi connectivity index (χ3v) is 5.98. The first-order chi connectivity index (χ1) is 8.80. The number of hydrogen-bond acceptors (Lipinski definition) is 3. The highest BCUT2D eigenvalue weighted by molar-refractivity contribution is 7.89. The molecule has 1 aromatic rings. The number of sulfonamides is 1. The number of nitrogens with two attached hydrogens (primary N) is 1. The van der Waals surface area contributed by atoms with Crippen molar-refractivity contribution in [3.63, 3.8) is 0 Å². The molecule has 2 rings (SSSR count). The Labute approximate surface area is 119 Å². The fourth-order valence-electron chi connectivity index (χ4n) is 2.39. The molecule has 1 aliphatic rings. The van der Waals surface area contributed by atoms with Gasteiger partial charge in [-0.1, -0.05) is 18.5 Å². The Balaban J connectivity index is 2.35. The van der Waals surface area contributed by atoms with Gasteiger partial charge < -0.3 is 5.73 Å². The van der Waals surface area contributed by atoms with E-state index in [0.29, 0.717) is 16.3 Å². The minimum atomic E-state index is -3.54. The summed E-state index contributed by atoms with van der Waals surface area (Å²) in [5.74, 6) is 0. The predicted octanol–water partition coefficient (Wildman–Crippen LogP) is 2.84. The molecule has 6 heteroatoms. The summed E-state index contributed by atoms with van der Waals surface area (Å²) in [4.78, 5) is 0.187. The van der Waals surface area contributed by atoms with Gasteiger partial charge in [0.1, 0.15) is 0 Å². The van der Waals surface area contributed by atoms with E-state index >= 15 is 0 Å². The van der Waals surface area contributed by atoms with Crippen LogP contribution in [0.4, 0.5) is 5.69 Å². The van der Waals surface area contributed by atoms with Gasteiger partial charge in [-0.25, -0.2) is 13.1 Å². The second-order valence-electron chi connectivity index (χ2n) is 5.24. The van der Waals surface area contributed by atoms with Crippen molar-refractivity contribution in [2.75, 3.05) is 5.73 Å². The van der Waals surface area contributed by atoms with E-state index in [1.54, 1.807) is 13.0 Å². The molecule has 0 unspecified atom stereocenters. The van der Waals surface area contributed by atoms with Crippen molar-refractivity contribution < 1.29 is 8.42 Å². The van der Waals surface area contributed by atoms with E-state index in [2.05, 4.69) is 4.72 Å². The monoisotopic (exact) mass is 302 g/mol. The molecule has 1 saturated carbocycles. The number of hydrogen-bond donors (Lipinski definition) is 2. The number of rotatable bonds is 4. The smallest absolute Gasteiger partial charge is 0.241 e. The Bertz CT molecular complexity index is 566. The molecule has 0 atom stereocenters. The summed E-state index contributed by atoms with van der Waals surface area (Å²) in [6.45, 7) is 3.75. The van der Waals surface area contributed by atoms with Crippen LogP contribution in [0.5, 0.6) is 0 Å². The maximum atomic E-state index is 12.4. The highest BCUT2D eigenvalue weighted by Crippen LogP contribution is 2.36. The number of benzene rings is 1. The molecule has 0 saturated heterocycles. The predicted molar refractivity (Wildman–Crippen MR) is 77.8 cm³/mol. The Kier molecular flexibility index (Phi) is 3.82. The number of nitrogen functional groups attached to an aromatic ring is 1. The minimum Gasteiger partial charge on any atom is -0.397 e. The van der Waals surface area contributed by atoms with E-state index < -0.39 is 10.0 Å². The van der Waals surface area contributed by atoms with Crippen molar-refractivity contribution in [2.24, 2.45) is 0 Å². The third-order valence-electron chi connectivity index (χ3n) is 3.90. The summed E-state index contributed by atoms with van der Waals surface area (Å²) in [6, 6.07) is 2.97. The van der Waals surface area contributed by atoms with Crippen molar-refractivity contribution in [1.82, 2.24) is 4.72 Å². The average Bonchev–Trinajstić information content (AvgIpc) is 2.30. The van der Waals surface area contributed by atoms with E-state index in [-0.39, 0.29) is 10.4 Å². The Morgan fingerprint density at radius 3 is 2.47 bits per heavy atom. The van der Waals surface area contributed by atoms with Crippen LogP contribution in [0.15, 0.2) is 17.0 Å². The normalized spacial score (nSPS) is 18.1. The van der Waals surface area contributed by atoms with E-state index in [0.717, 1.165) is 25.7 Å². The molecule has 19 heavy (non-hydrogen) atoms. The molecule has 0 radical (unpaired) electrons. The Hall–Kier alpha value is -0.780. The molecule has 0 aromatic heterocycles. The van der Waals surface area contributed by atoms with Crippen LogP contribution in [-0.4, -0.2) is 14.0 Å². The van der Waals surface area contributed by atoms with E-state index in [4.69, 9.17) is 17.3 Å². The molecule has 1 aromatic carbocycles. The van der Waals surface area contributed by atoms with Gasteiger partial charge in [0.15, 0.2) is 0 Å². The third kappa shape index (κ3) is 2.73. The van der Waals surface area contributed by atoms with Gasteiger partial charge in [-0.05, 0) is 50.3 Å². The maximum Gasteiger partial charge on any atom is 0.241 e. The molecular weight excluding hydrogens is 284 g/mol. The van der Waals surface area contributed by atoms with E-state index in [1.807, 2.05) is 6.92 Å². The Morgan fingerprint density at radius 1 is 1.42 bits per heavy atom. The van der Waals surface area contributed by atoms with Gasteiger partial charge in [0.05, 0.1) is 15.6 Å². The number of anilines is 1. The fraction of sp³-hybridized carbons (Fsp3) is 0.538. The first-order valence-electron chi connectivity index (χ1n) is 6.39. The highest BCUT2D eigenvalue weighted by atomic mass is 35.5. The molecule has 1 aliphatic carbocycles. The van der Waals surface area contributed by atoms with Crippen molar-refractivity contribution in [3.05, 3.63) is 22.7 Å². The number of nitrogens with one attached hydrogen (secondary N) is 1. The first kappa shape index (κ1) is 14.6. The average molecular weight is 303 g/mol.